The molecule has 88 valence electrons. The van der Waals surface area contributed by atoms with Crippen molar-refractivity contribution in [1.29, 1.82) is 0 Å². The van der Waals surface area contributed by atoms with Crippen LogP contribution in [0.3, 0.4) is 0 Å². The lowest BCUT2D eigenvalue weighted by Gasteiger charge is -2.17. The van der Waals surface area contributed by atoms with Gasteiger partial charge in [-0.3, -0.25) is 0 Å². The third kappa shape index (κ3) is 3.92. The van der Waals surface area contributed by atoms with Crippen LogP contribution in [0.4, 0.5) is 0 Å². The van der Waals surface area contributed by atoms with Gasteiger partial charge in [0.2, 0.25) is 0 Å². The molecular formula is C12H16BrNOS. The Morgan fingerprint density at radius 2 is 2.00 bits per heavy atom. The molecule has 1 rings (SSSR count). The van der Waals surface area contributed by atoms with Crippen molar-refractivity contribution in [3.63, 3.8) is 0 Å². The van der Waals surface area contributed by atoms with Crippen LogP contribution >= 0.6 is 15.9 Å². The van der Waals surface area contributed by atoms with E-state index in [-0.39, 0.29) is 4.75 Å². The van der Waals surface area contributed by atoms with Crippen molar-refractivity contribution in [3.05, 3.63) is 33.8 Å². The zero-order valence-electron chi connectivity index (χ0n) is 9.95. The summed E-state index contributed by atoms with van der Waals surface area (Å²) >= 11 is 2.21. The molecule has 0 amide bonds. The topological polar surface area (TPSA) is 35.4 Å². The molecule has 0 aliphatic rings. The van der Waals surface area contributed by atoms with Crippen LogP contribution in [-0.2, 0) is 11.4 Å². The van der Waals surface area contributed by atoms with Gasteiger partial charge in [-0.05, 0) is 45.4 Å². The van der Waals surface area contributed by atoms with E-state index in [0.717, 1.165) is 15.6 Å². The molecular weight excluding hydrogens is 286 g/mol. The van der Waals surface area contributed by atoms with Gasteiger partial charge in [-0.1, -0.05) is 26.4 Å². The molecule has 0 aromatic heterocycles. The van der Waals surface area contributed by atoms with E-state index in [2.05, 4.69) is 20.3 Å². The molecule has 0 heterocycles. The highest BCUT2D eigenvalue weighted by molar-refractivity contribution is 9.10. The summed E-state index contributed by atoms with van der Waals surface area (Å²) in [7, 11) is 0. The van der Waals surface area contributed by atoms with Crippen molar-refractivity contribution < 1.29 is 4.55 Å². The number of hydrogen-bond acceptors (Lipinski definition) is 2. The summed E-state index contributed by atoms with van der Waals surface area (Å²) in [6.07, 6.45) is 1.68. The van der Waals surface area contributed by atoms with E-state index in [1.54, 1.807) is 6.21 Å². The van der Waals surface area contributed by atoms with Crippen molar-refractivity contribution in [1.82, 2.24) is 0 Å². The van der Waals surface area contributed by atoms with Crippen LogP contribution in [0.25, 0.3) is 0 Å². The molecule has 1 aromatic carbocycles. The predicted octanol–water partition coefficient (Wildman–Crippen LogP) is 3.64. The summed E-state index contributed by atoms with van der Waals surface area (Å²) in [4.78, 5) is 0. The zero-order chi connectivity index (χ0) is 12.3. The van der Waals surface area contributed by atoms with Gasteiger partial charge in [0.1, 0.15) is 16.1 Å². The Hall–Kier alpha value is -0.320. The molecule has 0 saturated carbocycles. The van der Waals surface area contributed by atoms with Gasteiger partial charge in [-0.25, -0.2) is 0 Å². The van der Waals surface area contributed by atoms with E-state index in [9.17, 15) is 4.55 Å². The van der Waals surface area contributed by atoms with Crippen LogP contribution in [0.15, 0.2) is 27.1 Å². The van der Waals surface area contributed by atoms with E-state index in [1.165, 1.54) is 0 Å². The molecule has 1 aromatic rings. The summed E-state index contributed by atoms with van der Waals surface area (Å²) in [6.45, 7) is 7.74. The zero-order valence-corrected chi connectivity index (χ0v) is 12.4. The number of benzene rings is 1. The molecule has 4 heteroatoms. The molecule has 0 aliphatic heterocycles. The lowest BCUT2D eigenvalue weighted by molar-refractivity contribution is 0.562. The molecule has 0 spiro atoms. The standard InChI is InChI=1S/C12H16BrNOS/c1-9-5-6-11(13)7-10(9)8-14-16(15)12(2,3)4/h5-8H,1-4H3. The van der Waals surface area contributed by atoms with Gasteiger partial charge in [0.25, 0.3) is 0 Å². The van der Waals surface area contributed by atoms with Crippen LogP contribution in [0.5, 0.6) is 0 Å². The van der Waals surface area contributed by atoms with Gasteiger partial charge >= 0.3 is 0 Å². The largest absolute Gasteiger partial charge is 0.591 e. The van der Waals surface area contributed by atoms with Crippen molar-refractivity contribution in [2.75, 3.05) is 0 Å². The highest BCUT2D eigenvalue weighted by Gasteiger charge is 2.25. The maximum Gasteiger partial charge on any atom is 0.144 e. The van der Waals surface area contributed by atoms with E-state index in [1.807, 2.05) is 45.9 Å². The minimum Gasteiger partial charge on any atom is -0.591 e. The second kappa shape index (κ2) is 5.34. The molecule has 2 nitrogen and oxygen atoms in total. The van der Waals surface area contributed by atoms with Crippen LogP contribution in [0.1, 0.15) is 31.9 Å². The SMILES string of the molecule is Cc1ccc(Br)cc1C=N[S+]([O-])C(C)(C)C. The first kappa shape index (κ1) is 13.7. The summed E-state index contributed by atoms with van der Waals surface area (Å²) < 4.78 is 16.5. The highest BCUT2D eigenvalue weighted by atomic mass is 79.9. The Morgan fingerprint density at radius 3 is 2.56 bits per heavy atom. The minimum absolute atomic E-state index is 0.309. The van der Waals surface area contributed by atoms with Crippen molar-refractivity contribution >= 4 is 33.5 Å². The molecule has 0 fully saturated rings. The minimum atomic E-state index is -1.20. The lowest BCUT2D eigenvalue weighted by Crippen LogP contribution is -2.25. The number of aryl methyl sites for hydroxylation is 1. The molecule has 1 unspecified atom stereocenters. The first-order valence-electron chi connectivity index (χ1n) is 5.03. The van der Waals surface area contributed by atoms with Crippen LogP contribution in [-0.4, -0.2) is 15.5 Å². The summed E-state index contributed by atoms with van der Waals surface area (Å²) in [5, 5.41) is 0. The number of nitrogens with zero attached hydrogens (tertiary/aromatic N) is 1. The number of hydrogen-bond donors (Lipinski definition) is 0. The van der Waals surface area contributed by atoms with E-state index in [4.69, 9.17) is 0 Å². The average Bonchev–Trinajstić information content (AvgIpc) is 2.17. The maximum atomic E-state index is 11.7. The van der Waals surface area contributed by atoms with E-state index < -0.39 is 11.4 Å². The predicted molar refractivity (Wildman–Crippen MR) is 74.4 cm³/mol. The first-order valence-corrected chi connectivity index (χ1v) is 6.93. The Bertz CT molecular complexity index is 398. The fraction of sp³-hybridized carbons (Fsp3) is 0.417. The van der Waals surface area contributed by atoms with Crippen molar-refractivity contribution in [2.24, 2.45) is 4.40 Å². The third-order valence-electron chi connectivity index (χ3n) is 2.05. The quantitative estimate of drug-likeness (QED) is 0.607. The summed E-state index contributed by atoms with van der Waals surface area (Å²) in [6, 6.07) is 5.96. The maximum absolute atomic E-state index is 11.7. The third-order valence-corrected chi connectivity index (χ3v) is 3.89. The Morgan fingerprint density at radius 1 is 1.38 bits per heavy atom. The van der Waals surface area contributed by atoms with Crippen LogP contribution in [0, 0.1) is 6.92 Å². The van der Waals surface area contributed by atoms with Crippen LogP contribution < -0.4 is 0 Å². The normalized spacial score (nSPS) is 14.4. The Labute approximate surface area is 109 Å². The summed E-state index contributed by atoms with van der Waals surface area (Å²) in [5.74, 6) is 0. The Balaban J connectivity index is 2.88. The van der Waals surface area contributed by atoms with E-state index >= 15 is 0 Å². The van der Waals surface area contributed by atoms with Crippen LogP contribution in [0.2, 0.25) is 0 Å². The number of halogens is 1. The molecule has 0 radical (unpaired) electrons. The van der Waals surface area contributed by atoms with Crippen molar-refractivity contribution in [2.45, 2.75) is 32.4 Å². The molecule has 1 atom stereocenters. The van der Waals surface area contributed by atoms with Gasteiger partial charge in [0.05, 0.1) is 6.21 Å². The van der Waals surface area contributed by atoms with Gasteiger partial charge in [-0.2, -0.15) is 0 Å². The molecule has 0 bridgehead atoms. The fourth-order valence-electron chi connectivity index (χ4n) is 1.01. The van der Waals surface area contributed by atoms with Gasteiger partial charge < -0.3 is 4.55 Å². The summed E-state index contributed by atoms with van der Waals surface area (Å²) in [5.41, 5.74) is 2.12. The molecule has 0 aliphatic carbocycles. The monoisotopic (exact) mass is 301 g/mol. The smallest absolute Gasteiger partial charge is 0.144 e. The fourth-order valence-corrected chi connectivity index (χ4v) is 1.92. The lowest BCUT2D eigenvalue weighted by atomic mass is 10.1. The van der Waals surface area contributed by atoms with E-state index in [0.29, 0.717) is 0 Å². The van der Waals surface area contributed by atoms with Gasteiger partial charge in [0, 0.05) is 10.0 Å². The second-order valence-electron chi connectivity index (χ2n) is 4.60. The molecule has 0 saturated heterocycles. The second-order valence-corrected chi connectivity index (χ2v) is 7.45. The molecule has 0 N–H and O–H groups in total. The van der Waals surface area contributed by atoms with Crippen molar-refractivity contribution in [3.8, 4) is 0 Å². The molecule has 16 heavy (non-hydrogen) atoms. The number of rotatable bonds is 2. The van der Waals surface area contributed by atoms with Gasteiger partial charge in [-0.15, -0.1) is 0 Å². The highest BCUT2D eigenvalue weighted by Crippen LogP contribution is 2.18. The van der Waals surface area contributed by atoms with Gasteiger partial charge in [0.15, 0.2) is 0 Å². The first-order chi connectivity index (χ1) is 7.30. The Kier molecular flexibility index (Phi) is 4.59. The average molecular weight is 302 g/mol.